The molecule has 17 heavy (non-hydrogen) atoms. The zero-order valence-electron chi connectivity index (χ0n) is 11.7. The van der Waals surface area contributed by atoms with E-state index in [4.69, 9.17) is 0 Å². The first kappa shape index (κ1) is 14.0. The van der Waals surface area contributed by atoms with Gasteiger partial charge in [-0.3, -0.25) is 4.90 Å². The molecule has 0 saturated carbocycles. The Kier molecular flexibility index (Phi) is 4.58. The van der Waals surface area contributed by atoms with Crippen molar-refractivity contribution in [3.63, 3.8) is 0 Å². The summed E-state index contributed by atoms with van der Waals surface area (Å²) in [6.45, 7) is 8.86. The zero-order chi connectivity index (χ0) is 13.1. The van der Waals surface area contributed by atoms with Gasteiger partial charge in [-0.1, -0.05) is 32.0 Å². The summed E-state index contributed by atoms with van der Waals surface area (Å²) in [5, 5.41) is 9.97. The van der Waals surface area contributed by atoms with Crippen molar-refractivity contribution < 1.29 is 5.11 Å². The van der Waals surface area contributed by atoms with Crippen LogP contribution in [0, 0.1) is 0 Å². The Balaban J connectivity index is 3.04. The van der Waals surface area contributed by atoms with Crippen LogP contribution in [0.3, 0.4) is 0 Å². The van der Waals surface area contributed by atoms with Gasteiger partial charge in [0.05, 0.1) is 0 Å². The second kappa shape index (κ2) is 5.54. The molecule has 1 rings (SSSR count). The minimum Gasteiger partial charge on any atom is -0.508 e. The van der Waals surface area contributed by atoms with Crippen LogP contribution in [0.1, 0.15) is 52.1 Å². The molecule has 1 unspecified atom stereocenters. The second-order valence-electron chi connectivity index (χ2n) is 5.26. The summed E-state index contributed by atoms with van der Waals surface area (Å²) < 4.78 is 0. The zero-order valence-corrected chi connectivity index (χ0v) is 11.7. The van der Waals surface area contributed by atoms with Crippen LogP contribution in [-0.4, -0.2) is 22.6 Å². The molecule has 96 valence electrons. The highest BCUT2D eigenvalue weighted by molar-refractivity contribution is 5.34. The van der Waals surface area contributed by atoms with E-state index in [1.807, 2.05) is 18.2 Å². The third-order valence-corrected chi connectivity index (χ3v) is 3.97. The summed E-state index contributed by atoms with van der Waals surface area (Å²) in [5.41, 5.74) is 1.17. The van der Waals surface area contributed by atoms with E-state index in [1.54, 1.807) is 6.07 Å². The Bertz CT molecular complexity index is 360. The molecule has 1 N–H and O–H groups in total. The number of phenols is 1. The molecular formula is C15H25NO. The molecule has 1 aromatic rings. The smallest absolute Gasteiger partial charge is 0.120 e. The van der Waals surface area contributed by atoms with Gasteiger partial charge in [-0.15, -0.1) is 0 Å². The van der Waals surface area contributed by atoms with Crippen molar-refractivity contribution in [2.45, 2.75) is 52.1 Å². The largest absolute Gasteiger partial charge is 0.508 e. The molecule has 0 fully saturated rings. The van der Waals surface area contributed by atoms with Crippen molar-refractivity contribution in [1.29, 1.82) is 0 Å². The molecule has 0 radical (unpaired) electrons. The maximum atomic E-state index is 9.97. The van der Waals surface area contributed by atoms with Crippen LogP contribution >= 0.6 is 0 Å². The Morgan fingerprint density at radius 3 is 2.29 bits per heavy atom. The van der Waals surface area contributed by atoms with Gasteiger partial charge in [0.1, 0.15) is 5.75 Å². The fraction of sp³-hybridized carbons (Fsp3) is 0.600. The van der Waals surface area contributed by atoms with Crippen LogP contribution in [0.4, 0.5) is 0 Å². The molecule has 0 spiro atoms. The van der Waals surface area contributed by atoms with Crippen LogP contribution in [-0.2, 0) is 0 Å². The maximum Gasteiger partial charge on any atom is 0.120 e. The number of para-hydroxylation sites is 1. The maximum absolute atomic E-state index is 9.97. The second-order valence-corrected chi connectivity index (χ2v) is 5.26. The van der Waals surface area contributed by atoms with Crippen LogP contribution in [0.5, 0.6) is 5.75 Å². The van der Waals surface area contributed by atoms with E-state index in [2.05, 4.69) is 39.6 Å². The summed E-state index contributed by atoms with van der Waals surface area (Å²) in [4.78, 5) is 2.36. The number of benzene rings is 1. The standard InChI is InChI=1S/C15H25NO/c1-6-13(16(5)15(3,4)7-2)12-10-8-9-11-14(12)17/h8-11,13,17H,6-7H2,1-5H3. The quantitative estimate of drug-likeness (QED) is 0.835. The monoisotopic (exact) mass is 235 g/mol. The number of aromatic hydroxyl groups is 1. The van der Waals surface area contributed by atoms with Gasteiger partial charge < -0.3 is 5.11 Å². The third-order valence-electron chi connectivity index (χ3n) is 3.97. The van der Waals surface area contributed by atoms with E-state index in [0.717, 1.165) is 18.4 Å². The van der Waals surface area contributed by atoms with E-state index in [9.17, 15) is 5.11 Å². The Morgan fingerprint density at radius 2 is 1.82 bits per heavy atom. The number of nitrogens with zero attached hydrogens (tertiary/aromatic N) is 1. The lowest BCUT2D eigenvalue weighted by atomic mass is 9.93. The van der Waals surface area contributed by atoms with Crippen molar-refractivity contribution in [2.24, 2.45) is 0 Å². The molecule has 0 aliphatic heterocycles. The minimum absolute atomic E-state index is 0.142. The van der Waals surface area contributed by atoms with Crippen molar-refractivity contribution in [3.8, 4) is 5.75 Å². The van der Waals surface area contributed by atoms with Gasteiger partial charge in [0, 0.05) is 17.1 Å². The van der Waals surface area contributed by atoms with Gasteiger partial charge in [-0.25, -0.2) is 0 Å². The van der Waals surface area contributed by atoms with Crippen molar-refractivity contribution in [2.75, 3.05) is 7.05 Å². The summed E-state index contributed by atoms with van der Waals surface area (Å²) in [6.07, 6.45) is 2.09. The van der Waals surface area contributed by atoms with E-state index in [-0.39, 0.29) is 11.6 Å². The number of phenolic OH excluding ortho intramolecular Hbond substituents is 1. The molecule has 2 heteroatoms. The highest BCUT2D eigenvalue weighted by Crippen LogP contribution is 2.34. The minimum atomic E-state index is 0.142. The fourth-order valence-corrected chi connectivity index (χ4v) is 2.14. The van der Waals surface area contributed by atoms with E-state index in [0.29, 0.717) is 5.75 Å². The Hall–Kier alpha value is -1.02. The van der Waals surface area contributed by atoms with Crippen LogP contribution in [0.2, 0.25) is 0 Å². The molecule has 0 amide bonds. The molecular weight excluding hydrogens is 210 g/mol. The highest BCUT2D eigenvalue weighted by atomic mass is 16.3. The predicted octanol–water partition coefficient (Wildman–Crippen LogP) is 3.96. The molecule has 2 nitrogen and oxygen atoms in total. The summed E-state index contributed by atoms with van der Waals surface area (Å²) in [7, 11) is 2.14. The first-order valence-electron chi connectivity index (χ1n) is 6.44. The number of hydrogen-bond donors (Lipinski definition) is 1. The van der Waals surface area contributed by atoms with Gasteiger partial charge in [-0.2, -0.15) is 0 Å². The normalized spacial score (nSPS) is 14.0. The lowest BCUT2D eigenvalue weighted by Gasteiger charge is -2.41. The van der Waals surface area contributed by atoms with Gasteiger partial charge in [0.25, 0.3) is 0 Å². The van der Waals surface area contributed by atoms with Crippen molar-refractivity contribution in [3.05, 3.63) is 29.8 Å². The molecule has 0 aliphatic carbocycles. The van der Waals surface area contributed by atoms with Crippen LogP contribution < -0.4 is 0 Å². The highest BCUT2D eigenvalue weighted by Gasteiger charge is 2.28. The summed E-state index contributed by atoms with van der Waals surface area (Å²) >= 11 is 0. The number of hydrogen-bond acceptors (Lipinski definition) is 2. The van der Waals surface area contributed by atoms with Crippen LogP contribution in [0.25, 0.3) is 0 Å². The molecule has 0 bridgehead atoms. The van der Waals surface area contributed by atoms with Crippen LogP contribution in [0.15, 0.2) is 24.3 Å². The molecule has 0 aliphatic rings. The Labute approximate surface area is 105 Å². The summed E-state index contributed by atoms with van der Waals surface area (Å²) in [6, 6.07) is 7.92. The fourth-order valence-electron chi connectivity index (χ4n) is 2.14. The Morgan fingerprint density at radius 1 is 1.24 bits per heavy atom. The molecule has 1 aromatic carbocycles. The van der Waals surface area contributed by atoms with E-state index < -0.39 is 0 Å². The molecule has 0 aromatic heterocycles. The number of rotatable bonds is 5. The average Bonchev–Trinajstić information content (AvgIpc) is 2.32. The predicted molar refractivity (Wildman–Crippen MR) is 73.3 cm³/mol. The van der Waals surface area contributed by atoms with Gasteiger partial charge in [-0.05, 0) is 39.8 Å². The lowest BCUT2D eigenvalue weighted by molar-refractivity contribution is 0.0927. The van der Waals surface area contributed by atoms with Gasteiger partial charge >= 0.3 is 0 Å². The molecule has 0 saturated heterocycles. The first-order valence-corrected chi connectivity index (χ1v) is 6.44. The van der Waals surface area contributed by atoms with E-state index >= 15 is 0 Å². The van der Waals surface area contributed by atoms with Crippen molar-refractivity contribution in [1.82, 2.24) is 4.90 Å². The summed E-state index contributed by atoms with van der Waals surface area (Å²) in [5.74, 6) is 0.401. The topological polar surface area (TPSA) is 23.5 Å². The van der Waals surface area contributed by atoms with Crippen molar-refractivity contribution >= 4 is 0 Å². The molecule has 1 atom stereocenters. The average molecular weight is 235 g/mol. The van der Waals surface area contributed by atoms with Gasteiger partial charge in [0.2, 0.25) is 0 Å². The molecule has 0 heterocycles. The lowest BCUT2D eigenvalue weighted by Crippen LogP contribution is -2.42. The van der Waals surface area contributed by atoms with Gasteiger partial charge in [0.15, 0.2) is 0 Å². The van der Waals surface area contributed by atoms with E-state index in [1.165, 1.54) is 0 Å². The SMILES string of the molecule is CCC(c1ccccc1O)N(C)C(C)(C)CC. The first-order chi connectivity index (χ1) is 7.94. The third kappa shape index (κ3) is 3.01.